The number of halogens is 1. The first-order valence-corrected chi connectivity index (χ1v) is 7.75. The van der Waals surface area contributed by atoms with Crippen LogP contribution < -0.4 is 5.32 Å². The van der Waals surface area contributed by atoms with Crippen molar-refractivity contribution in [1.29, 1.82) is 5.26 Å². The van der Waals surface area contributed by atoms with E-state index in [9.17, 15) is 0 Å². The van der Waals surface area contributed by atoms with Crippen LogP contribution in [0.15, 0.2) is 30.3 Å². The zero-order valence-electron chi connectivity index (χ0n) is 10.9. The molecule has 1 aromatic carbocycles. The van der Waals surface area contributed by atoms with E-state index in [4.69, 9.17) is 16.9 Å². The molecule has 0 saturated heterocycles. The van der Waals surface area contributed by atoms with Crippen molar-refractivity contribution >= 4 is 28.1 Å². The lowest BCUT2D eigenvalue weighted by atomic mass is 9.64. The van der Waals surface area contributed by atoms with Gasteiger partial charge in [0.25, 0.3) is 0 Å². The van der Waals surface area contributed by atoms with Gasteiger partial charge in [0.2, 0.25) is 0 Å². The molecule has 2 aromatic rings. The van der Waals surface area contributed by atoms with E-state index in [2.05, 4.69) is 40.0 Å². The Morgan fingerprint density at radius 2 is 2.10 bits per heavy atom. The Morgan fingerprint density at radius 1 is 1.35 bits per heavy atom. The van der Waals surface area contributed by atoms with Crippen LogP contribution in [0.1, 0.15) is 30.4 Å². The van der Waals surface area contributed by atoms with E-state index in [1.807, 2.05) is 6.07 Å². The first-order chi connectivity index (χ1) is 9.75. The maximum atomic E-state index is 9.10. The number of aromatic nitrogens is 1. The molecule has 1 heterocycles. The third-order valence-corrected chi connectivity index (χ3v) is 5.23. The number of nitriles is 1. The van der Waals surface area contributed by atoms with Gasteiger partial charge >= 0.3 is 0 Å². The van der Waals surface area contributed by atoms with Crippen LogP contribution in [-0.2, 0) is 5.41 Å². The van der Waals surface area contributed by atoms with Gasteiger partial charge in [-0.05, 0) is 29.9 Å². The zero-order chi connectivity index (χ0) is 14.0. The molecule has 1 aliphatic rings. The molecule has 0 aliphatic heterocycles. The normalized spacial score (nSPS) is 16.2. The largest absolute Gasteiger partial charge is 0.374 e. The summed E-state index contributed by atoms with van der Waals surface area (Å²) in [7, 11) is 0. The van der Waals surface area contributed by atoms with Gasteiger partial charge in [-0.1, -0.05) is 48.4 Å². The summed E-state index contributed by atoms with van der Waals surface area (Å²) in [6, 6.07) is 12.7. The number of hydrogen-bond donors (Lipinski definition) is 1. The molecule has 0 unspecified atom stereocenters. The van der Waals surface area contributed by atoms with Gasteiger partial charge < -0.3 is 5.32 Å². The van der Waals surface area contributed by atoms with Crippen LogP contribution in [-0.4, -0.2) is 10.9 Å². The molecule has 0 amide bonds. The summed E-state index contributed by atoms with van der Waals surface area (Å²) in [5.41, 5.74) is 2.01. The minimum atomic E-state index is 0.185. The summed E-state index contributed by atoms with van der Waals surface area (Å²) in [5, 5.41) is 13.5. The van der Waals surface area contributed by atoms with Gasteiger partial charge in [-0.25, -0.2) is 0 Å². The molecule has 0 atom stereocenters. The predicted octanol–water partition coefficient (Wildman–Crippen LogP) is 4.20. The maximum absolute atomic E-state index is 9.10. The van der Waals surface area contributed by atoms with Gasteiger partial charge in [-0.15, -0.1) is 0 Å². The highest BCUT2D eigenvalue weighted by atomic mass is 35.5. The Kier molecular flexibility index (Phi) is 3.64. The van der Waals surface area contributed by atoms with E-state index < -0.39 is 0 Å². The Bertz CT molecular complexity index is 641. The van der Waals surface area contributed by atoms with Crippen molar-refractivity contribution in [2.45, 2.75) is 24.7 Å². The van der Waals surface area contributed by atoms with E-state index in [0.29, 0.717) is 10.7 Å². The summed E-state index contributed by atoms with van der Waals surface area (Å²) in [6.07, 6.45) is 3.61. The van der Waals surface area contributed by atoms with E-state index in [1.165, 1.54) is 36.4 Å². The summed E-state index contributed by atoms with van der Waals surface area (Å²) in [5.74, 6) is 0. The van der Waals surface area contributed by atoms with Gasteiger partial charge in [0.1, 0.15) is 16.6 Å². The predicted molar refractivity (Wildman–Crippen MR) is 82.3 cm³/mol. The van der Waals surface area contributed by atoms with Crippen LogP contribution in [0.25, 0.3) is 0 Å². The molecule has 3 nitrogen and oxygen atoms in total. The third-order valence-electron chi connectivity index (χ3n) is 4.05. The SMILES string of the molecule is N#Cc1c(Cl)nsc1NCC1(c2ccccc2)CCC1. The molecule has 0 radical (unpaired) electrons. The van der Waals surface area contributed by atoms with Crippen LogP contribution in [0.5, 0.6) is 0 Å². The first kappa shape index (κ1) is 13.4. The number of hydrogen-bond acceptors (Lipinski definition) is 4. The molecule has 1 fully saturated rings. The number of benzene rings is 1. The minimum Gasteiger partial charge on any atom is -0.374 e. The van der Waals surface area contributed by atoms with E-state index >= 15 is 0 Å². The Balaban J connectivity index is 1.78. The average Bonchev–Trinajstić information content (AvgIpc) is 2.79. The lowest BCUT2D eigenvalue weighted by Crippen LogP contribution is -2.40. The topological polar surface area (TPSA) is 48.7 Å². The van der Waals surface area contributed by atoms with Crippen molar-refractivity contribution in [3.8, 4) is 6.07 Å². The Hall–Kier alpha value is -1.57. The molecule has 20 heavy (non-hydrogen) atoms. The molecule has 102 valence electrons. The third kappa shape index (κ3) is 2.28. The lowest BCUT2D eigenvalue weighted by Gasteiger charge is -2.42. The first-order valence-electron chi connectivity index (χ1n) is 6.60. The molecule has 3 rings (SSSR count). The number of rotatable bonds is 4. The molecule has 1 aromatic heterocycles. The van der Waals surface area contributed by atoms with E-state index in [0.717, 1.165) is 11.5 Å². The molecular weight excluding hydrogens is 290 g/mol. The summed E-state index contributed by atoms with van der Waals surface area (Å²) in [4.78, 5) is 0. The highest BCUT2D eigenvalue weighted by Crippen LogP contribution is 2.44. The Labute approximate surface area is 127 Å². The minimum absolute atomic E-state index is 0.185. The standard InChI is InChI=1S/C15H14ClN3S/c16-13-12(9-17)14(20-19-13)18-10-15(7-4-8-15)11-5-2-1-3-6-11/h1-3,5-6,18H,4,7-8,10H2. The quantitative estimate of drug-likeness (QED) is 0.920. The number of nitrogens with one attached hydrogen (secondary N) is 1. The van der Waals surface area contributed by atoms with Crippen molar-refractivity contribution < 1.29 is 0 Å². The fraction of sp³-hybridized carbons (Fsp3) is 0.333. The zero-order valence-corrected chi connectivity index (χ0v) is 12.5. The summed E-state index contributed by atoms with van der Waals surface area (Å²) >= 11 is 7.15. The molecule has 1 saturated carbocycles. The van der Waals surface area contributed by atoms with Gasteiger partial charge in [0, 0.05) is 12.0 Å². The van der Waals surface area contributed by atoms with Crippen molar-refractivity contribution in [2.75, 3.05) is 11.9 Å². The molecule has 1 N–H and O–H groups in total. The van der Waals surface area contributed by atoms with Crippen LogP contribution in [0.4, 0.5) is 5.00 Å². The highest BCUT2D eigenvalue weighted by Gasteiger charge is 2.38. The second-order valence-corrected chi connectivity index (χ2v) is 6.27. The van der Waals surface area contributed by atoms with E-state index in [1.54, 1.807) is 0 Å². The van der Waals surface area contributed by atoms with Crippen molar-refractivity contribution in [2.24, 2.45) is 0 Å². The van der Waals surface area contributed by atoms with Crippen molar-refractivity contribution in [3.63, 3.8) is 0 Å². The fourth-order valence-electron chi connectivity index (χ4n) is 2.70. The molecule has 1 aliphatic carbocycles. The highest BCUT2D eigenvalue weighted by molar-refractivity contribution is 7.10. The second kappa shape index (κ2) is 5.43. The van der Waals surface area contributed by atoms with Gasteiger partial charge in [-0.3, -0.25) is 0 Å². The smallest absolute Gasteiger partial charge is 0.162 e. The van der Waals surface area contributed by atoms with Gasteiger partial charge in [-0.2, -0.15) is 9.64 Å². The molecule has 0 bridgehead atoms. The van der Waals surface area contributed by atoms with Gasteiger partial charge in [0.05, 0.1) is 0 Å². The lowest BCUT2D eigenvalue weighted by molar-refractivity contribution is 0.260. The summed E-state index contributed by atoms with van der Waals surface area (Å²) in [6.45, 7) is 0.824. The monoisotopic (exact) mass is 303 g/mol. The van der Waals surface area contributed by atoms with Crippen molar-refractivity contribution in [3.05, 3.63) is 46.6 Å². The second-order valence-electron chi connectivity index (χ2n) is 5.14. The molecule has 5 heteroatoms. The Morgan fingerprint density at radius 3 is 2.70 bits per heavy atom. The van der Waals surface area contributed by atoms with Gasteiger partial charge in [0.15, 0.2) is 5.15 Å². The number of anilines is 1. The molecule has 0 spiro atoms. The molecular formula is C15H14ClN3S. The number of nitrogens with zero attached hydrogens (tertiary/aromatic N) is 2. The van der Waals surface area contributed by atoms with Crippen LogP contribution in [0.3, 0.4) is 0 Å². The van der Waals surface area contributed by atoms with Crippen LogP contribution >= 0.6 is 23.1 Å². The van der Waals surface area contributed by atoms with E-state index in [-0.39, 0.29) is 5.41 Å². The fourth-order valence-corrected chi connectivity index (χ4v) is 3.63. The van der Waals surface area contributed by atoms with Crippen molar-refractivity contribution in [1.82, 2.24) is 4.37 Å². The van der Waals surface area contributed by atoms with Crippen LogP contribution in [0.2, 0.25) is 5.15 Å². The maximum Gasteiger partial charge on any atom is 0.162 e. The van der Waals surface area contributed by atoms with Crippen LogP contribution in [0, 0.1) is 11.3 Å². The average molecular weight is 304 g/mol. The summed E-state index contributed by atoms with van der Waals surface area (Å²) < 4.78 is 4.03.